The van der Waals surface area contributed by atoms with Gasteiger partial charge in [-0.1, -0.05) is 12.2 Å². The zero-order chi connectivity index (χ0) is 13.5. The summed E-state index contributed by atoms with van der Waals surface area (Å²) in [5.41, 5.74) is 6.85. The van der Waals surface area contributed by atoms with E-state index in [0.29, 0.717) is 24.5 Å². The first-order chi connectivity index (χ1) is 8.49. The lowest BCUT2D eigenvalue weighted by Crippen LogP contribution is -2.45. The largest absolute Gasteiger partial charge is 0.370 e. The predicted molar refractivity (Wildman–Crippen MR) is 78.7 cm³/mol. The average molecular weight is 252 g/mol. The minimum Gasteiger partial charge on any atom is -0.370 e. The molecule has 1 fully saturated rings. The number of nitrogens with one attached hydrogen (secondary N) is 1. The van der Waals surface area contributed by atoms with Crippen molar-refractivity contribution < 1.29 is 0 Å². The highest BCUT2D eigenvalue weighted by molar-refractivity contribution is 5.77. The molecule has 0 radical (unpaired) electrons. The van der Waals surface area contributed by atoms with Gasteiger partial charge in [0.05, 0.1) is 6.54 Å². The molecule has 1 saturated heterocycles. The van der Waals surface area contributed by atoms with Gasteiger partial charge in [-0.05, 0) is 46.1 Å². The van der Waals surface area contributed by atoms with E-state index in [1.807, 2.05) is 6.92 Å². The SMILES string of the molecule is C=C(C)CN=C(N)NCC1CCCN(C(C)C)C1. The van der Waals surface area contributed by atoms with Gasteiger partial charge in [0, 0.05) is 19.1 Å². The molecule has 1 aliphatic heterocycles. The molecule has 104 valence electrons. The number of nitrogens with zero attached hydrogens (tertiary/aromatic N) is 2. The Labute approximate surface area is 111 Å². The van der Waals surface area contributed by atoms with Gasteiger partial charge in [0.15, 0.2) is 5.96 Å². The van der Waals surface area contributed by atoms with Gasteiger partial charge in [0.25, 0.3) is 0 Å². The Hall–Kier alpha value is -1.03. The summed E-state index contributed by atoms with van der Waals surface area (Å²) in [7, 11) is 0. The van der Waals surface area contributed by atoms with Gasteiger partial charge in [0.1, 0.15) is 0 Å². The molecule has 0 aromatic rings. The molecule has 0 saturated carbocycles. The Balaban J connectivity index is 2.30. The van der Waals surface area contributed by atoms with Crippen LogP contribution in [0.5, 0.6) is 0 Å². The van der Waals surface area contributed by atoms with E-state index in [4.69, 9.17) is 5.73 Å². The molecule has 1 heterocycles. The fraction of sp³-hybridized carbons (Fsp3) is 0.786. The molecule has 3 N–H and O–H groups in total. The number of hydrogen-bond acceptors (Lipinski definition) is 2. The highest BCUT2D eigenvalue weighted by atomic mass is 15.2. The predicted octanol–water partition coefficient (Wildman–Crippen LogP) is 1.59. The van der Waals surface area contributed by atoms with Crippen molar-refractivity contribution in [2.45, 2.75) is 39.7 Å². The summed E-state index contributed by atoms with van der Waals surface area (Å²) in [5.74, 6) is 1.22. The maximum Gasteiger partial charge on any atom is 0.188 e. The second-order valence-corrected chi connectivity index (χ2v) is 5.64. The lowest BCUT2D eigenvalue weighted by molar-refractivity contribution is 0.141. The van der Waals surface area contributed by atoms with Crippen LogP contribution in [0.4, 0.5) is 0 Å². The van der Waals surface area contributed by atoms with Gasteiger partial charge in [-0.25, -0.2) is 4.99 Å². The highest BCUT2D eigenvalue weighted by Gasteiger charge is 2.21. The molecular weight excluding hydrogens is 224 g/mol. The summed E-state index contributed by atoms with van der Waals surface area (Å²) in [4.78, 5) is 6.77. The molecule has 18 heavy (non-hydrogen) atoms. The number of piperidine rings is 1. The van der Waals surface area contributed by atoms with Crippen molar-refractivity contribution in [3.05, 3.63) is 12.2 Å². The van der Waals surface area contributed by atoms with Crippen molar-refractivity contribution in [2.75, 3.05) is 26.2 Å². The molecule has 0 bridgehead atoms. The van der Waals surface area contributed by atoms with E-state index in [1.165, 1.54) is 25.9 Å². The van der Waals surface area contributed by atoms with E-state index in [0.717, 1.165) is 12.1 Å². The number of likely N-dealkylation sites (tertiary alicyclic amines) is 1. The van der Waals surface area contributed by atoms with Crippen LogP contribution < -0.4 is 11.1 Å². The standard InChI is InChI=1S/C14H28N4/c1-11(2)8-16-14(15)17-9-13-6-5-7-18(10-13)12(3)4/h12-13H,1,5-10H2,2-4H3,(H3,15,16,17). The molecule has 0 amide bonds. The maximum atomic E-state index is 5.82. The lowest BCUT2D eigenvalue weighted by Gasteiger charge is -2.35. The van der Waals surface area contributed by atoms with Gasteiger partial charge in [-0.2, -0.15) is 0 Å². The Bertz CT molecular complexity index is 296. The van der Waals surface area contributed by atoms with Gasteiger partial charge in [-0.3, -0.25) is 0 Å². The molecule has 1 unspecified atom stereocenters. The van der Waals surface area contributed by atoms with E-state index in [1.54, 1.807) is 0 Å². The van der Waals surface area contributed by atoms with Crippen molar-refractivity contribution in [1.82, 2.24) is 10.2 Å². The molecule has 4 nitrogen and oxygen atoms in total. The zero-order valence-corrected chi connectivity index (χ0v) is 12.1. The van der Waals surface area contributed by atoms with Crippen LogP contribution in [0.3, 0.4) is 0 Å². The van der Waals surface area contributed by atoms with E-state index < -0.39 is 0 Å². The third-order valence-electron chi connectivity index (χ3n) is 3.37. The summed E-state index contributed by atoms with van der Waals surface area (Å²) >= 11 is 0. The highest BCUT2D eigenvalue weighted by Crippen LogP contribution is 2.17. The molecule has 0 spiro atoms. The van der Waals surface area contributed by atoms with Crippen LogP contribution in [-0.2, 0) is 0 Å². The van der Waals surface area contributed by atoms with E-state index in [2.05, 4.69) is 35.6 Å². The first-order valence-corrected chi connectivity index (χ1v) is 6.91. The molecule has 0 aromatic carbocycles. The van der Waals surface area contributed by atoms with Gasteiger partial charge >= 0.3 is 0 Å². The third-order valence-corrected chi connectivity index (χ3v) is 3.37. The zero-order valence-electron chi connectivity index (χ0n) is 12.1. The number of rotatable bonds is 5. The van der Waals surface area contributed by atoms with Crippen molar-refractivity contribution in [3.8, 4) is 0 Å². The van der Waals surface area contributed by atoms with Crippen LogP contribution in [0.2, 0.25) is 0 Å². The van der Waals surface area contributed by atoms with Crippen molar-refractivity contribution in [2.24, 2.45) is 16.6 Å². The molecule has 1 rings (SSSR count). The molecular formula is C14H28N4. The first-order valence-electron chi connectivity index (χ1n) is 6.91. The summed E-state index contributed by atoms with van der Waals surface area (Å²) < 4.78 is 0. The minimum atomic E-state index is 0.541. The molecule has 4 heteroatoms. The summed E-state index contributed by atoms with van der Waals surface area (Å²) in [5, 5.41) is 3.23. The Morgan fingerprint density at radius 3 is 2.89 bits per heavy atom. The third kappa shape index (κ3) is 5.54. The number of guanidine groups is 1. The minimum absolute atomic E-state index is 0.541. The Morgan fingerprint density at radius 2 is 2.28 bits per heavy atom. The topological polar surface area (TPSA) is 53.6 Å². The monoisotopic (exact) mass is 252 g/mol. The van der Waals surface area contributed by atoms with Crippen molar-refractivity contribution in [3.63, 3.8) is 0 Å². The van der Waals surface area contributed by atoms with Crippen LogP contribution in [0.25, 0.3) is 0 Å². The first kappa shape index (κ1) is 15.0. The van der Waals surface area contributed by atoms with Gasteiger partial charge < -0.3 is 16.0 Å². The van der Waals surface area contributed by atoms with E-state index in [-0.39, 0.29) is 0 Å². The quantitative estimate of drug-likeness (QED) is 0.444. The fourth-order valence-electron chi connectivity index (χ4n) is 2.26. The van der Waals surface area contributed by atoms with E-state index in [9.17, 15) is 0 Å². The summed E-state index contributed by atoms with van der Waals surface area (Å²) in [6.45, 7) is 14.2. The van der Waals surface area contributed by atoms with Gasteiger partial charge in [0.2, 0.25) is 0 Å². The normalized spacial score (nSPS) is 22.2. The Morgan fingerprint density at radius 1 is 1.56 bits per heavy atom. The smallest absolute Gasteiger partial charge is 0.188 e. The fourth-order valence-corrected chi connectivity index (χ4v) is 2.26. The summed E-state index contributed by atoms with van der Waals surface area (Å²) in [6.07, 6.45) is 2.57. The number of nitrogens with two attached hydrogens (primary N) is 1. The Kier molecular flexibility index (Phi) is 6.19. The van der Waals surface area contributed by atoms with Crippen molar-refractivity contribution in [1.29, 1.82) is 0 Å². The van der Waals surface area contributed by atoms with Crippen LogP contribution in [0.1, 0.15) is 33.6 Å². The van der Waals surface area contributed by atoms with Crippen LogP contribution >= 0.6 is 0 Å². The number of aliphatic imine (C=N–C) groups is 1. The van der Waals surface area contributed by atoms with Crippen LogP contribution in [-0.4, -0.2) is 43.1 Å². The van der Waals surface area contributed by atoms with Crippen LogP contribution in [0.15, 0.2) is 17.1 Å². The number of hydrogen-bond donors (Lipinski definition) is 2. The molecule has 1 aliphatic rings. The average Bonchev–Trinajstić information content (AvgIpc) is 2.34. The second kappa shape index (κ2) is 7.41. The second-order valence-electron chi connectivity index (χ2n) is 5.64. The van der Waals surface area contributed by atoms with Crippen molar-refractivity contribution >= 4 is 5.96 Å². The lowest BCUT2D eigenvalue weighted by atomic mass is 9.97. The molecule has 0 aliphatic carbocycles. The van der Waals surface area contributed by atoms with Crippen LogP contribution in [0, 0.1) is 5.92 Å². The summed E-state index contributed by atoms with van der Waals surface area (Å²) in [6, 6.07) is 0.641. The van der Waals surface area contributed by atoms with E-state index >= 15 is 0 Å². The maximum absolute atomic E-state index is 5.82. The van der Waals surface area contributed by atoms with Gasteiger partial charge in [-0.15, -0.1) is 0 Å². The molecule has 0 aromatic heterocycles. The molecule has 1 atom stereocenters.